The van der Waals surface area contributed by atoms with Crippen LogP contribution in [0.5, 0.6) is 5.75 Å². The first-order valence-corrected chi connectivity index (χ1v) is 22.9. The Morgan fingerprint density at radius 2 is 1.49 bits per heavy atom. The van der Waals surface area contributed by atoms with Crippen LogP contribution in [0.3, 0.4) is 0 Å². The van der Waals surface area contributed by atoms with Gasteiger partial charge in [-0.25, -0.2) is 0 Å². The molecule has 5 rings (SSSR count). The molecule has 0 saturated carbocycles. The van der Waals surface area contributed by atoms with Gasteiger partial charge in [-0.05, 0) is 70.7 Å². The van der Waals surface area contributed by atoms with Crippen LogP contribution in [0.15, 0.2) is 42.5 Å². The molecule has 51 heavy (non-hydrogen) atoms. The Labute approximate surface area is 336 Å². The van der Waals surface area contributed by atoms with Crippen LogP contribution in [0.4, 0.5) is 17.1 Å². The molecule has 3 aromatic carbocycles. The smallest absolute Gasteiger partial charge is 0.0914 e. The molecule has 0 amide bonds. The van der Waals surface area contributed by atoms with Crippen molar-refractivity contribution in [3.8, 4) is 5.75 Å². The van der Waals surface area contributed by atoms with Gasteiger partial charge in [0.05, 0.1) is 26.7 Å². The molecule has 2 fully saturated rings. The number of halogens is 3. The summed E-state index contributed by atoms with van der Waals surface area (Å²) in [6.07, 6.45) is -0.0186. The molecule has 0 spiro atoms. The van der Waals surface area contributed by atoms with Gasteiger partial charge in [0.1, 0.15) is 0 Å². The molecule has 2 aliphatic rings. The topological polar surface area (TPSA) is 62.1 Å². The van der Waals surface area contributed by atoms with Crippen molar-refractivity contribution >= 4 is 41.1 Å². The molecule has 8 nitrogen and oxygen atoms in total. The summed E-state index contributed by atoms with van der Waals surface area (Å²) in [5.41, 5.74) is 11.5. The zero-order chi connectivity index (χ0) is 36.9. The van der Waals surface area contributed by atoms with E-state index in [4.69, 9.17) is 24.1 Å². The van der Waals surface area contributed by atoms with Gasteiger partial charge in [0, 0.05) is 43.6 Å². The van der Waals surface area contributed by atoms with Gasteiger partial charge in [-0.1, -0.05) is 35.4 Å². The molecule has 0 radical (unpaired) electrons. The Hall–Kier alpha value is -1.82. The number of piperazine rings is 1. The van der Waals surface area contributed by atoms with Crippen molar-refractivity contribution in [1.29, 1.82) is 0 Å². The number of likely N-dealkylation sites (N-methyl/N-ethyl adjacent to an activating group) is 1. The first-order chi connectivity index (χ1) is 23.5. The first-order valence-electron chi connectivity index (χ1n) is 17.4. The standard InChI is InChI=1S/C29H44N4.C10H11NO3.2ClH.HI.Ru/c1-9-33(8)12-10-30(11-13-33)18-27-19-31(28-23(4)14-21(2)15-24(28)5)20-32(27)29-25(6)16-22(3)17-26(29)7;1-7(2)14-10-5-4-9(11(12)13)6-8(10)3;;;;/h14-17,20,27H,9-13,18-19H2,1-8H3;3-7H,1-2H3;3*1H;/q;;;;;+2/p-3. The zero-order valence-electron chi connectivity index (χ0n) is 31.7. The Morgan fingerprint density at radius 3 is 1.96 bits per heavy atom. The van der Waals surface area contributed by atoms with E-state index < -0.39 is 18.4 Å². The minimum atomic E-state index is -2.05. The number of hydrogen-bond donors (Lipinski definition) is 0. The van der Waals surface area contributed by atoms with Crippen molar-refractivity contribution in [3.63, 3.8) is 0 Å². The van der Waals surface area contributed by atoms with E-state index in [9.17, 15) is 10.1 Å². The molecule has 12 heteroatoms. The van der Waals surface area contributed by atoms with Crippen LogP contribution in [-0.4, -0.2) is 83.9 Å². The van der Waals surface area contributed by atoms with E-state index in [1.54, 1.807) is 10.7 Å². The van der Waals surface area contributed by atoms with E-state index >= 15 is 0 Å². The van der Waals surface area contributed by atoms with Gasteiger partial charge in [-0.2, -0.15) is 6.67 Å². The summed E-state index contributed by atoms with van der Waals surface area (Å²) < 4.78 is 8.38. The van der Waals surface area contributed by atoms with Crippen molar-refractivity contribution in [2.45, 2.75) is 74.5 Å². The summed E-state index contributed by atoms with van der Waals surface area (Å²) in [5, 5.41) is 10.7. The van der Waals surface area contributed by atoms with Crippen LogP contribution in [0.2, 0.25) is 0 Å². The predicted molar refractivity (Wildman–Crippen MR) is 208 cm³/mol. The van der Waals surface area contributed by atoms with Crippen LogP contribution in [-0.2, 0) is 13.5 Å². The third kappa shape index (κ3) is 11.6. The van der Waals surface area contributed by atoms with E-state index in [-0.39, 0.29) is 35.8 Å². The van der Waals surface area contributed by atoms with E-state index in [1.807, 2.05) is 13.8 Å². The summed E-state index contributed by atoms with van der Waals surface area (Å²) in [6.45, 7) is 30.3. The van der Waals surface area contributed by atoms with Crippen LogP contribution < -0.4 is 38.5 Å². The number of nitro benzene ring substituents is 1. The molecule has 284 valence electrons. The van der Waals surface area contributed by atoms with Gasteiger partial charge in [-0.3, -0.25) is 4.90 Å². The summed E-state index contributed by atoms with van der Waals surface area (Å²) in [7, 11) is 14.0. The number of anilines is 2. The summed E-state index contributed by atoms with van der Waals surface area (Å²) in [6, 6.07) is 14.2. The normalized spacial score (nSPS) is 17.4. The quantitative estimate of drug-likeness (QED) is 0.0697. The Morgan fingerprint density at radius 1 is 0.961 bits per heavy atom. The maximum atomic E-state index is 10.7. The third-order valence-corrected chi connectivity index (χ3v) is 11.6. The Kier molecular flexibility index (Phi) is 16.2. The summed E-state index contributed by atoms with van der Waals surface area (Å²) in [4.78, 5) is 18.0. The molecule has 0 bridgehead atoms. The van der Waals surface area contributed by atoms with Crippen LogP contribution in [0.25, 0.3) is 0 Å². The minimum Gasteiger partial charge on any atom is -1.00 e. The number of nitro groups is 1. The molecule has 1 unspecified atom stereocenters. The summed E-state index contributed by atoms with van der Waals surface area (Å²) in [5.74, 6) is 0.561. The van der Waals surface area contributed by atoms with Crippen LogP contribution in [0, 0.1) is 58.3 Å². The van der Waals surface area contributed by atoms with Crippen molar-refractivity contribution in [2.75, 3.05) is 62.7 Å². The fraction of sp³-hybridized carbons (Fsp3) is 0.487. The molecule has 2 aliphatic heterocycles. The molecule has 1 atom stereocenters. The van der Waals surface area contributed by atoms with Gasteiger partial charge in [-0.15, -0.1) is 0 Å². The predicted octanol–water partition coefficient (Wildman–Crippen LogP) is 5.60. The largest absolute Gasteiger partial charge is 1.00 e. The fourth-order valence-electron chi connectivity index (χ4n) is 7.31. The average molecular weight is 941 g/mol. The molecule has 0 N–H and O–H groups in total. The van der Waals surface area contributed by atoms with Gasteiger partial charge in [0.2, 0.25) is 0 Å². The number of nitrogens with zero attached hydrogens (tertiary/aromatic N) is 5. The van der Waals surface area contributed by atoms with Gasteiger partial charge in [0.15, 0.2) is 0 Å². The van der Waals surface area contributed by atoms with Crippen LogP contribution >= 0.6 is 19.4 Å². The molecule has 0 aliphatic carbocycles. The van der Waals surface area contributed by atoms with E-state index in [2.05, 4.69) is 101 Å². The van der Waals surface area contributed by atoms with E-state index in [0.717, 1.165) is 13.1 Å². The van der Waals surface area contributed by atoms with Crippen molar-refractivity contribution < 1.29 is 51.6 Å². The second kappa shape index (κ2) is 19.0. The van der Waals surface area contributed by atoms with Gasteiger partial charge < -0.3 is 38.3 Å². The third-order valence-electron chi connectivity index (χ3n) is 9.78. The maximum absolute atomic E-state index is 10.7. The number of benzene rings is 3. The first kappa shape index (κ1) is 43.6. The Balaban J connectivity index is 0.000000331. The Bertz CT molecular complexity index is 1660. The molecular weight excluding hydrogens is 885 g/mol. The monoisotopic (exact) mass is 940 g/mol. The fourth-order valence-corrected chi connectivity index (χ4v) is 9.09. The number of rotatable bonds is 9. The van der Waals surface area contributed by atoms with Gasteiger partial charge in [0.25, 0.3) is 0 Å². The summed E-state index contributed by atoms with van der Waals surface area (Å²) >= 11 is -2.05. The van der Waals surface area contributed by atoms with E-state index in [1.165, 1.54) is 94.1 Å². The number of ether oxygens (including phenoxy) is 1. The van der Waals surface area contributed by atoms with Gasteiger partial charge >= 0.3 is 112 Å². The SMILES string of the molecule is CC(C)Oc1ccc([N+](=O)[O-])cc1[CH]=[Ru]([Cl])[Cl].CC[N+]1(C)CCN(CC2CN(c3c(C)cc(C)cc3C)[CH-]N2c2c(C)cc(C)cc2C)CC1.[I-]. The number of aryl methyl sites for hydroxylation is 6. The number of non-ortho nitro benzene ring substituents is 1. The van der Waals surface area contributed by atoms with E-state index in [0.29, 0.717) is 17.4 Å². The van der Waals surface area contributed by atoms with Crippen molar-refractivity contribution in [3.05, 3.63) is 98.2 Å². The number of hydrogen-bond acceptors (Lipinski definition) is 6. The molecule has 0 aromatic heterocycles. The molecule has 3 aromatic rings. The average Bonchev–Trinajstić information content (AvgIpc) is 3.40. The van der Waals surface area contributed by atoms with Crippen molar-refractivity contribution in [2.24, 2.45) is 0 Å². The molecule has 2 heterocycles. The zero-order valence-corrected chi connectivity index (χ0v) is 37.2. The second-order valence-electron chi connectivity index (χ2n) is 14.5. The second-order valence-corrected chi connectivity index (χ2v) is 20.2. The molecular formula is C39H55Cl2IN5O3Ru-. The number of quaternary nitrogens is 1. The minimum absolute atomic E-state index is 0. The molecule has 2 saturated heterocycles. The van der Waals surface area contributed by atoms with Crippen molar-refractivity contribution in [1.82, 2.24) is 4.90 Å². The van der Waals surface area contributed by atoms with Crippen LogP contribution in [0.1, 0.15) is 59.7 Å². The maximum Gasteiger partial charge on any atom is 0.0914 e.